The van der Waals surface area contributed by atoms with Crippen LogP contribution in [0.25, 0.3) is 44.5 Å². The Morgan fingerprint density at radius 2 is 0.735 bits per heavy atom. The number of hydrogen-bond donors (Lipinski definition) is 0. The number of hydrogen-bond acceptors (Lipinski definition) is 0. The molecule has 6 rings (SSSR count). The second-order valence-electron chi connectivity index (χ2n) is 12.9. The van der Waals surface area contributed by atoms with Crippen LogP contribution in [0.4, 0.5) is 8.78 Å². The topological polar surface area (TPSA) is 0 Å². The van der Waals surface area contributed by atoms with Gasteiger partial charge in [-0.3, -0.25) is 0 Å². The molecule has 0 spiro atoms. The van der Waals surface area contributed by atoms with E-state index >= 15 is 0 Å². The minimum absolute atomic E-state index is 0.168. The summed E-state index contributed by atoms with van der Waals surface area (Å²) in [6.07, 6.45) is 8.01. The molecule has 0 atom stereocenters. The molecule has 2 heteroatoms. The van der Waals surface area contributed by atoms with Crippen molar-refractivity contribution in [2.45, 2.75) is 72.6 Å². The summed E-state index contributed by atoms with van der Waals surface area (Å²) in [6.45, 7) is 8.57. The fourth-order valence-corrected chi connectivity index (χ4v) is 6.00. The Kier molecular flexibility index (Phi) is 12.7. The van der Waals surface area contributed by atoms with Crippen LogP contribution in [0.15, 0.2) is 133 Å². The van der Waals surface area contributed by atoms with E-state index < -0.39 is 0 Å². The van der Waals surface area contributed by atoms with Gasteiger partial charge in [0.15, 0.2) is 0 Å². The van der Waals surface area contributed by atoms with Gasteiger partial charge in [0.25, 0.3) is 0 Å². The van der Waals surface area contributed by atoms with Gasteiger partial charge in [0.2, 0.25) is 0 Å². The Balaban J connectivity index is 0.000000191. The van der Waals surface area contributed by atoms with Gasteiger partial charge in [0, 0.05) is 11.1 Å². The summed E-state index contributed by atoms with van der Waals surface area (Å²) in [5.41, 5.74) is 12.3. The molecule has 0 heterocycles. The predicted molar refractivity (Wildman–Crippen MR) is 206 cm³/mol. The van der Waals surface area contributed by atoms with Gasteiger partial charge >= 0.3 is 0 Å². The van der Waals surface area contributed by atoms with Crippen LogP contribution in [0.2, 0.25) is 0 Å². The molecule has 0 aliphatic carbocycles. The highest BCUT2D eigenvalue weighted by Gasteiger charge is 2.09. The van der Waals surface area contributed by atoms with Crippen molar-refractivity contribution in [2.75, 3.05) is 0 Å². The maximum atomic E-state index is 14.7. The normalized spacial score (nSPS) is 10.8. The van der Waals surface area contributed by atoms with Crippen molar-refractivity contribution < 1.29 is 8.78 Å². The Hall–Kier alpha value is -4.82. The third-order valence-electron chi connectivity index (χ3n) is 9.19. The lowest BCUT2D eigenvalue weighted by Gasteiger charge is -2.09. The van der Waals surface area contributed by atoms with Gasteiger partial charge in [0.1, 0.15) is 11.6 Å². The lowest BCUT2D eigenvalue weighted by atomic mass is 9.97. The van der Waals surface area contributed by atoms with Gasteiger partial charge in [-0.2, -0.15) is 0 Å². The first-order valence-corrected chi connectivity index (χ1v) is 17.8. The van der Waals surface area contributed by atoms with Gasteiger partial charge < -0.3 is 0 Å². The van der Waals surface area contributed by atoms with E-state index in [2.05, 4.69) is 81.4 Å². The average molecular weight is 651 g/mol. The molecule has 0 aliphatic rings. The minimum atomic E-state index is -0.175. The van der Waals surface area contributed by atoms with Crippen molar-refractivity contribution >= 4 is 0 Å². The molecule has 0 nitrogen and oxygen atoms in total. The monoisotopic (exact) mass is 650 g/mol. The van der Waals surface area contributed by atoms with Crippen LogP contribution in [0.1, 0.15) is 68.7 Å². The van der Waals surface area contributed by atoms with E-state index in [1.54, 1.807) is 12.1 Å². The van der Waals surface area contributed by atoms with E-state index in [-0.39, 0.29) is 11.6 Å². The van der Waals surface area contributed by atoms with Crippen LogP contribution in [0, 0.1) is 18.6 Å². The molecule has 0 fully saturated rings. The van der Waals surface area contributed by atoms with Crippen molar-refractivity contribution in [2.24, 2.45) is 0 Å². The molecular formula is C47H48F2. The summed E-state index contributed by atoms with van der Waals surface area (Å²) in [6, 6.07) is 44.1. The molecule has 0 amide bonds. The van der Waals surface area contributed by atoms with Crippen LogP contribution in [0.5, 0.6) is 0 Å². The van der Waals surface area contributed by atoms with Crippen LogP contribution in [0.3, 0.4) is 0 Å². The number of rotatable bonds is 11. The molecule has 0 bridgehead atoms. The highest BCUT2D eigenvalue weighted by atomic mass is 19.1. The molecule has 250 valence electrons. The third kappa shape index (κ3) is 9.63. The molecule has 0 radical (unpaired) electrons. The van der Waals surface area contributed by atoms with E-state index in [0.717, 1.165) is 52.6 Å². The SMILES string of the molecule is CCCCc1ccc(-c2ccc(-c3ccc(C)cc3)c(F)c2)cc1.CCCCc1ccc(-c2ccc(-c3ccc(CC)cc3)cc2F)cc1. The van der Waals surface area contributed by atoms with Gasteiger partial charge in [-0.05, 0) is 101 Å². The van der Waals surface area contributed by atoms with Crippen molar-refractivity contribution in [1.82, 2.24) is 0 Å². The van der Waals surface area contributed by atoms with Crippen molar-refractivity contribution in [3.63, 3.8) is 0 Å². The van der Waals surface area contributed by atoms with Crippen molar-refractivity contribution in [3.05, 3.63) is 167 Å². The number of unbranched alkanes of at least 4 members (excludes halogenated alkanes) is 2. The lowest BCUT2D eigenvalue weighted by Crippen LogP contribution is -1.89. The van der Waals surface area contributed by atoms with Gasteiger partial charge in [-0.15, -0.1) is 0 Å². The highest BCUT2D eigenvalue weighted by molar-refractivity contribution is 5.72. The van der Waals surface area contributed by atoms with Crippen LogP contribution in [-0.4, -0.2) is 0 Å². The number of halogens is 2. The summed E-state index contributed by atoms with van der Waals surface area (Å²) < 4.78 is 29.2. The average Bonchev–Trinajstić information content (AvgIpc) is 3.14. The molecule has 0 aromatic heterocycles. The summed E-state index contributed by atoms with van der Waals surface area (Å²) in [5.74, 6) is -0.343. The quantitative estimate of drug-likeness (QED) is 0.131. The highest BCUT2D eigenvalue weighted by Crippen LogP contribution is 2.30. The standard InChI is InChI=1S/C24H25F.C23H23F/c1-3-5-6-19-9-13-21(14-10-19)23-16-15-22(17-24(23)25)20-11-7-18(4-2)8-12-20;1-3-4-5-18-8-12-19(13-9-18)21-14-15-22(23(24)16-21)20-10-6-17(2)7-11-20/h7-17H,3-6H2,1-2H3;6-16H,3-5H2,1-2H3. The summed E-state index contributed by atoms with van der Waals surface area (Å²) in [5, 5.41) is 0. The van der Waals surface area contributed by atoms with Crippen molar-refractivity contribution in [1.29, 1.82) is 0 Å². The molecule has 6 aromatic carbocycles. The summed E-state index contributed by atoms with van der Waals surface area (Å²) in [4.78, 5) is 0. The number of aryl methyl sites for hydroxylation is 4. The van der Waals surface area contributed by atoms with Crippen LogP contribution >= 0.6 is 0 Å². The molecule has 0 aliphatic heterocycles. The lowest BCUT2D eigenvalue weighted by molar-refractivity contribution is 0.631. The number of benzene rings is 6. The third-order valence-corrected chi connectivity index (χ3v) is 9.19. The van der Waals surface area contributed by atoms with Crippen molar-refractivity contribution in [3.8, 4) is 44.5 Å². The fraction of sp³-hybridized carbons (Fsp3) is 0.234. The largest absolute Gasteiger partial charge is 0.206 e. The molecular weight excluding hydrogens is 603 g/mol. The Bertz CT molecular complexity index is 1900. The van der Waals surface area contributed by atoms with Gasteiger partial charge in [-0.1, -0.05) is 161 Å². The Morgan fingerprint density at radius 1 is 0.388 bits per heavy atom. The second-order valence-corrected chi connectivity index (χ2v) is 12.9. The molecule has 0 unspecified atom stereocenters. The molecule has 0 N–H and O–H groups in total. The first-order valence-electron chi connectivity index (χ1n) is 17.8. The zero-order valence-electron chi connectivity index (χ0n) is 29.4. The van der Waals surface area contributed by atoms with E-state index in [9.17, 15) is 8.78 Å². The first kappa shape index (κ1) is 35.5. The maximum absolute atomic E-state index is 14.7. The minimum Gasteiger partial charge on any atom is -0.206 e. The fourth-order valence-electron chi connectivity index (χ4n) is 6.00. The second kappa shape index (κ2) is 17.5. The Labute approximate surface area is 292 Å². The van der Waals surface area contributed by atoms with Gasteiger partial charge in [0.05, 0.1) is 0 Å². The smallest absolute Gasteiger partial charge is 0.131 e. The zero-order valence-corrected chi connectivity index (χ0v) is 29.4. The van der Waals surface area contributed by atoms with E-state index in [4.69, 9.17) is 0 Å². The predicted octanol–water partition coefficient (Wildman–Crippen LogP) is 13.9. The zero-order chi connectivity index (χ0) is 34.6. The summed E-state index contributed by atoms with van der Waals surface area (Å²) >= 11 is 0. The van der Waals surface area contributed by atoms with E-state index in [0.29, 0.717) is 11.1 Å². The summed E-state index contributed by atoms with van der Waals surface area (Å²) in [7, 11) is 0. The van der Waals surface area contributed by atoms with Gasteiger partial charge in [-0.25, -0.2) is 8.78 Å². The Morgan fingerprint density at radius 3 is 1.10 bits per heavy atom. The van der Waals surface area contributed by atoms with Crippen LogP contribution < -0.4 is 0 Å². The van der Waals surface area contributed by atoms with Crippen LogP contribution in [-0.2, 0) is 19.3 Å². The molecule has 0 saturated carbocycles. The molecule has 0 saturated heterocycles. The molecule has 6 aromatic rings. The van der Waals surface area contributed by atoms with E-state index in [1.165, 1.54) is 47.9 Å². The first-order chi connectivity index (χ1) is 23.9. The molecule has 49 heavy (non-hydrogen) atoms. The maximum Gasteiger partial charge on any atom is 0.131 e. The van der Waals surface area contributed by atoms with E-state index in [1.807, 2.05) is 67.6 Å².